The maximum atomic E-state index is 12.6. The Balaban J connectivity index is 1.63. The van der Waals surface area contributed by atoms with Crippen molar-refractivity contribution in [3.05, 3.63) is 66.1 Å². The maximum absolute atomic E-state index is 12.6. The molecule has 0 aliphatic carbocycles. The molecule has 3 aromatic heterocycles. The summed E-state index contributed by atoms with van der Waals surface area (Å²) in [4.78, 5) is 30.4. The van der Waals surface area contributed by atoms with Gasteiger partial charge in [0.05, 0.1) is 11.3 Å². The van der Waals surface area contributed by atoms with Crippen molar-refractivity contribution in [2.24, 2.45) is 0 Å². The van der Waals surface area contributed by atoms with Crippen LogP contribution in [0.1, 0.15) is 21.6 Å². The normalized spacial score (nSPS) is 14.1. The Morgan fingerprint density at radius 3 is 2.71 bits per heavy atom. The molecule has 120 valence electrons. The average Bonchev–Trinajstić information content (AvgIpc) is 3.08. The first-order valence-corrected chi connectivity index (χ1v) is 7.98. The van der Waals surface area contributed by atoms with E-state index in [1.807, 2.05) is 23.1 Å². The molecule has 0 atom stereocenters. The van der Waals surface area contributed by atoms with Crippen LogP contribution in [0.15, 0.2) is 49.3 Å². The predicted molar refractivity (Wildman–Crippen MR) is 89.4 cm³/mol. The highest BCUT2D eigenvalue weighted by atomic mass is 16.2. The molecule has 0 unspecified atom stereocenters. The molecule has 4 rings (SSSR count). The first kappa shape index (κ1) is 14.6. The monoisotopic (exact) mass is 319 g/mol. The van der Waals surface area contributed by atoms with Crippen molar-refractivity contribution in [1.29, 1.82) is 0 Å². The standard InChI is InChI=1S/C18H17N5O/c24-18(14-3-8-20-11-14)23-9-4-15-16(5-10-23)21-12-22-17(15)13-1-6-19-7-2-13/h1-3,6-8,11-12,20H,4-5,9-10H2. The van der Waals surface area contributed by atoms with E-state index in [1.54, 1.807) is 31.1 Å². The van der Waals surface area contributed by atoms with Crippen molar-refractivity contribution in [3.63, 3.8) is 0 Å². The zero-order valence-corrected chi connectivity index (χ0v) is 13.1. The lowest BCUT2D eigenvalue weighted by molar-refractivity contribution is 0.0763. The lowest BCUT2D eigenvalue weighted by Crippen LogP contribution is -2.33. The summed E-state index contributed by atoms with van der Waals surface area (Å²) < 4.78 is 0. The molecule has 0 fully saturated rings. The van der Waals surface area contributed by atoms with Crippen LogP contribution < -0.4 is 0 Å². The topological polar surface area (TPSA) is 74.8 Å². The van der Waals surface area contributed by atoms with Gasteiger partial charge in [0.15, 0.2) is 0 Å². The minimum absolute atomic E-state index is 0.0578. The molecule has 6 nitrogen and oxygen atoms in total. The number of rotatable bonds is 2. The lowest BCUT2D eigenvalue weighted by Gasteiger charge is -2.19. The van der Waals surface area contributed by atoms with E-state index in [9.17, 15) is 4.79 Å². The maximum Gasteiger partial charge on any atom is 0.255 e. The molecule has 1 aliphatic rings. The van der Waals surface area contributed by atoms with Crippen LogP contribution in [-0.4, -0.2) is 43.8 Å². The van der Waals surface area contributed by atoms with Gasteiger partial charge in [0.25, 0.3) is 5.91 Å². The summed E-state index contributed by atoms with van der Waals surface area (Å²) >= 11 is 0. The van der Waals surface area contributed by atoms with Crippen molar-refractivity contribution in [1.82, 2.24) is 24.8 Å². The lowest BCUT2D eigenvalue weighted by atomic mass is 10.0. The Morgan fingerprint density at radius 2 is 1.92 bits per heavy atom. The van der Waals surface area contributed by atoms with Crippen molar-refractivity contribution in [2.75, 3.05) is 13.1 Å². The molecule has 0 radical (unpaired) electrons. The number of fused-ring (bicyclic) bond motifs is 1. The second-order valence-corrected chi connectivity index (χ2v) is 5.78. The van der Waals surface area contributed by atoms with E-state index in [0.717, 1.165) is 35.4 Å². The van der Waals surface area contributed by atoms with E-state index in [2.05, 4.69) is 19.9 Å². The fourth-order valence-electron chi connectivity index (χ4n) is 3.13. The highest BCUT2D eigenvalue weighted by molar-refractivity contribution is 5.94. The first-order chi connectivity index (χ1) is 11.8. The van der Waals surface area contributed by atoms with E-state index >= 15 is 0 Å². The van der Waals surface area contributed by atoms with Gasteiger partial charge in [0, 0.05) is 61.1 Å². The van der Waals surface area contributed by atoms with E-state index in [4.69, 9.17) is 0 Å². The van der Waals surface area contributed by atoms with E-state index in [0.29, 0.717) is 18.7 Å². The van der Waals surface area contributed by atoms with Gasteiger partial charge in [0.2, 0.25) is 0 Å². The molecule has 6 heteroatoms. The minimum Gasteiger partial charge on any atom is -0.367 e. The summed E-state index contributed by atoms with van der Waals surface area (Å²) in [5, 5.41) is 0. The minimum atomic E-state index is 0.0578. The Kier molecular flexibility index (Phi) is 3.78. The van der Waals surface area contributed by atoms with Gasteiger partial charge in [0.1, 0.15) is 6.33 Å². The van der Waals surface area contributed by atoms with Gasteiger partial charge < -0.3 is 9.88 Å². The molecule has 0 aromatic carbocycles. The van der Waals surface area contributed by atoms with Gasteiger partial charge in [-0.1, -0.05) is 0 Å². The van der Waals surface area contributed by atoms with Crippen molar-refractivity contribution in [3.8, 4) is 11.3 Å². The largest absolute Gasteiger partial charge is 0.367 e. The van der Waals surface area contributed by atoms with Crippen LogP contribution in [-0.2, 0) is 12.8 Å². The predicted octanol–water partition coefficient (Wildman–Crippen LogP) is 2.11. The number of nitrogens with zero attached hydrogens (tertiary/aromatic N) is 4. The third kappa shape index (κ3) is 2.67. The fraction of sp³-hybridized carbons (Fsp3) is 0.222. The van der Waals surface area contributed by atoms with Crippen LogP contribution in [0.4, 0.5) is 0 Å². The van der Waals surface area contributed by atoms with Crippen LogP contribution >= 0.6 is 0 Å². The van der Waals surface area contributed by atoms with E-state index in [1.165, 1.54) is 0 Å². The summed E-state index contributed by atoms with van der Waals surface area (Å²) in [5.41, 5.74) is 4.84. The summed E-state index contributed by atoms with van der Waals surface area (Å²) in [6.07, 6.45) is 10.1. The van der Waals surface area contributed by atoms with Gasteiger partial charge in [-0.2, -0.15) is 0 Å². The Labute approximate surface area is 139 Å². The number of nitrogens with one attached hydrogen (secondary N) is 1. The van der Waals surface area contributed by atoms with Gasteiger partial charge in [-0.15, -0.1) is 0 Å². The van der Waals surface area contributed by atoms with Crippen LogP contribution in [0, 0.1) is 0 Å². The number of aromatic nitrogens is 4. The van der Waals surface area contributed by atoms with Crippen molar-refractivity contribution < 1.29 is 4.79 Å². The molecule has 0 spiro atoms. The molecule has 0 bridgehead atoms. The van der Waals surface area contributed by atoms with E-state index in [-0.39, 0.29) is 5.91 Å². The molecule has 3 aromatic rings. The van der Waals surface area contributed by atoms with E-state index < -0.39 is 0 Å². The summed E-state index contributed by atoms with van der Waals surface area (Å²) in [6, 6.07) is 5.72. The summed E-state index contributed by atoms with van der Waals surface area (Å²) in [5.74, 6) is 0.0578. The van der Waals surface area contributed by atoms with Gasteiger partial charge in [-0.05, 0) is 24.6 Å². The molecule has 0 saturated heterocycles. The molecular weight excluding hydrogens is 302 g/mol. The summed E-state index contributed by atoms with van der Waals surface area (Å²) in [7, 11) is 0. The first-order valence-electron chi connectivity index (χ1n) is 7.98. The number of aromatic amines is 1. The quantitative estimate of drug-likeness (QED) is 0.785. The number of H-pyrrole nitrogens is 1. The molecule has 4 heterocycles. The van der Waals surface area contributed by atoms with Crippen LogP contribution in [0.25, 0.3) is 11.3 Å². The Bertz CT molecular complexity index is 845. The number of pyridine rings is 1. The highest BCUT2D eigenvalue weighted by Gasteiger charge is 2.23. The highest BCUT2D eigenvalue weighted by Crippen LogP contribution is 2.25. The third-order valence-electron chi connectivity index (χ3n) is 4.37. The summed E-state index contributed by atoms with van der Waals surface area (Å²) in [6.45, 7) is 1.34. The van der Waals surface area contributed by atoms with Crippen LogP contribution in [0.5, 0.6) is 0 Å². The van der Waals surface area contributed by atoms with Gasteiger partial charge >= 0.3 is 0 Å². The molecule has 1 N–H and O–H groups in total. The van der Waals surface area contributed by atoms with Gasteiger partial charge in [-0.3, -0.25) is 9.78 Å². The number of carbonyl (C=O) groups excluding carboxylic acids is 1. The zero-order chi connectivity index (χ0) is 16.4. The second-order valence-electron chi connectivity index (χ2n) is 5.78. The molecule has 0 saturated carbocycles. The van der Waals surface area contributed by atoms with Crippen LogP contribution in [0.3, 0.4) is 0 Å². The molecule has 1 aliphatic heterocycles. The molecule has 1 amide bonds. The van der Waals surface area contributed by atoms with Crippen LogP contribution in [0.2, 0.25) is 0 Å². The fourth-order valence-corrected chi connectivity index (χ4v) is 3.13. The third-order valence-corrected chi connectivity index (χ3v) is 4.37. The average molecular weight is 319 g/mol. The second kappa shape index (κ2) is 6.23. The number of hydrogen-bond donors (Lipinski definition) is 1. The number of amides is 1. The molecular formula is C18H17N5O. The van der Waals surface area contributed by atoms with Gasteiger partial charge in [-0.25, -0.2) is 9.97 Å². The number of carbonyl (C=O) groups is 1. The Morgan fingerprint density at radius 1 is 1.08 bits per heavy atom. The van der Waals surface area contributed by atoms with Crippen molar-refractivity contribution in [2.45, 2.75) is 12.8 Å². The Hall–Kier alpha value is -3.02. The molecule has 24 heavy (non-hydrogen) atoms. The number of hydrogen-bond acceptors (Lipinski definition) is 4. The smallest absolute Gasteiger partial charge is 0.255 e. The SMILES string of the molecule is O=C(c1cc[nH]c1)N1CCc2ncnc(-c3ccncc3)c2CC1. The van der Waals surface area contributed by atoms with Crippen molar-refractivity contribution >= 4 is 5.91 Å². The zero-order valence-electron chi connectivity index (χ0n) is 13.1.